The molecule has 1 aliphatic rings. The third-order valence-corrected chi connectivity index (χ3v) is 4.49. The Labute approximate surface area is 166 Å². The summed E-state index contributed by atoms with van der Waals surface area (Å²) in [7, 11) is 0. The van der Waals surface area contributed by atoms with Gasteiger partial charge in [0.15, 0.2) is 0 Å². The number of nitro benzene ring substituents is 2. The number of carbonyl (C=O) groups is 1. The minimum Gasteiger partial charge on any atom is -0.444 e. The quantitative estimate of drug-likeness (QED) is 0.398. The van der Waals surface area contributed by atoms with Crippen LogP contribution in [0, 0.1) is 26.1 Å². The summed E-state index contributed by atoms with van der Waals surface area (Å²) in [6, 6.07) is 1.54. The van der Waals surface area contributed by atoms with Gasteiger partial charge < -0.3 is 25.6 Å². The third-order valence-electron chi connectivity index (χ3n) is 4.49. The first kappa shape index (κ1) is 22.3. The van der Waals surface area contributed by atoms with E-state index in [1.807, 2.05) is 0 Å². The molecule has 0 bridgehead atoms. The molecule has 0 aromatic heterocycles. The van der Waals surface area contributed by atoms with Crippen molar-refractivity contribution in [3.8, 4) is 0 Å². The molecule has 0 heterocycles. The summed E-state index contributed by atoms with van der Waals surface area (Å²) >= 11 is 0. The van der Waals surface area contributed by atoms with Crippen molar-refractivity contribution in [3.63, 3.8) is 0 Å². The molecule has 4 N–H and O–H groups in total. The highest BCUT2D eigenvalue weighted by atomic mass is 16.6. The first-order valence-corrected chi connectivity index (χ1v) is 8.90. The van der Waals surface area contributed by atoms with Crippen molar-refractivity contribution in [1.82, 2.24) is 5.32 Å². The summed E-state index contributed by atoms with van der Waals surface area (Å²) < 4.78 is 5.18. The van der Waals surface area contributed by atoms with Gasteiger partial charge in [0.1, 0.15) is 11.3 Å². The number of aliphatic hydroxyl groups excluding tert-OH is 2. The number of aliphatic hydroxyl groups is 2. The summed E-state index contributed by atoms with van der Waals surface area (Å²) in [5.74, 6) is -0.579. The highest BCUT2D eigenvalue weighted by Gasteiger charge is 2.44. The van der Waals surface area contributed by atoms with Gasteiger partial charge in [-0.1, -0.05) is 0 Å². The van der Waals surface area contributed by atoms with Crippen molar-refractivity contribution in [2.75, 3.05) is 11.9 Å². The number of carbonyl (C=O) groups excluding carboxylic acids is 1. The van der Waals surface area contributed by atoms with E-state index >= 15 is 0 Å². The molecule has 29 heavy (non-hydrogen) atoms. The van der Waals surface area contributed by atoms with Gasteiger partial charge >= 0.3 is 6.09 Å². The number of nitro groups is 2. The standard InChI is InChI=1S/C17H24N4O8/c1-17(2,3)29-16(24)19-14-12(6-9(8-22)15(14)23)18-11-5-4-10(20(25)26)7-13(11)21(27)28/h4-5,7,9,12,14-15,18,22-23H,6,8H2,1-3H3,(H,19,24)/t9-,12-,14+,15-/m1/s1. The summed E-state index contributed by atoms with van der Waals surface area (Å²) in [5, 5.41) is 47.5. The van der Waals surface area contributed by atoms with Crippen molar-refractivity contribution < 1.29 is 29.6 Å². The number of hydrogen-bond donors (Lipinski definition) is 4. The summed E-state index contributed by atoms with van der Waals surface area (Å²) in [6.45, 7) is 4.66. The molecule has 1 fully saturated rings. The Balaban J connectivity index is 2.27. The molecule has 12 heteroatoms. The van der Waals surface area contributed by atoms with E-state index in [0.717, 1.165) is 12.1 Å². The second-order valence-electron chi connectivity index (χ2n) is 7.81. The summed E-state index contributed by atoms with van der Waals surface area (Å²) in [4.78, 5) is 32.8. The molecule has 1 amide bonds. The molecule has 4 atom stereocenters. The molecule has 12 nitrogen and oxygen atoms in total. The molecule has 0 radical (unpaired) electrons. The lowest BCUT2D eigenvalue weighted by Crippen LogP contribution is -2.50. The van der Waals surface area contributed by atoms with Gasteiger partial charge in [0.05, 0.1) is 28.1 Å². The maximum absolute atomic E-state index is 12.1. The highest BCUT2D eigenvalue weighted by Crippen LogP contribution is 2.34. The lowest BCUT2D eigenvalue weighted by Gasteiger charge is -2.27. The van der Waals surface area contributed by atoms with Gasteiger partial charge in [-0.2, -0.15) is 0 Å². The van der Waals surface area contributed by atoms with E-state index in [-0.39, 0.29) is 18.7 Å². The van der Waals surface area contributed by atoms with Crippen LogP contribution < -0.4 is 10.6 Å². The Hall–Kier alpha value is -2.99. The minimum atomic E-state index is -1.12. The van der Waals surface area contributed by atoms with Crippen LogP contribution in [0.4, 0.5) is 21.9 Å². The number of alkyl carbamates (subject to hydrolysis) is 1. The molecule has 0 saturated heterocycles. The predicted molar refractivity (Wildman–Crippen MR) is 102 cm³/mol. The highest BCUT2D eigenvalue weighted by molar-refractivity contribution is 5.69. The number of amides is 1. The molecule has 0 spiro atoms. The van der Waals surface area contributed by atoms with Gasteiger partial charge in [0.25, 0.3) is 11.4 Å². The first-order valence-electron chi connectivity index (χ1n) is 8.90. The van der Waals surface area contributed by atoms with Gasteiger partial charge in [-0.05, 0) is 33.3 Å². The van der Waals surface area contributed by atoms with Crippen molar-refractivity contribution in [2.24, 2.45) is 5.92 Å². The largest absolute Gasteiger partial charge is 0.444 e. The number of anilines is 1. The van der Waals surface area contributed by atoms with Crippen LogP contribution in [-0.2, 0) is 4.74 Å². The van der Waals surface area contributed by atoms with Gasteiger partial charge in [-0.3, -0.25) is 20.2 Å². The lowest BCUT2D eigenvalue weighted by atomic mass is 10.1. The number of benzene rings is 1. The van der Waals surface area contributed by atoms with E-state index in [2.05, 4.69) is 10.6 Å². The molecular formula is C17H24N4O8. The normalized spacial score (nSPS) is 24.0. The van der Waals surface area contributed by atoms with Crippen LogP contribution in [0.3, 0.4) is 0 Å². The molecule has 0 unspecified atom stereocenters. The van der Waals surface area contributed by atoms with Crippen molar-refractivity contribution in [2.45, 2.75) is 51.0 Å². The molecule has 1 saturated carbocycles. The Bertz CT molecular complexity index is 794. The van der Waals surface area contributed by atoms with Crippen LogP contribution in [0.1, 0.15) is 27.2 Å². The second kappa shape index (κ2) is 8.57. The van der Waals surface area contributed by atoms with E-state index in [1.165, 1.54) is 6.07 Å². The van der Waals surface area contributed by atoms with E-state index in [0.29, 0.717) is 0 Å². The summed E-state index contributed by atoms with van der Waals surface area (Å²) in [6.07, 6.45) is -1.71. The van der Waals surface area contributed by atoms with Gasteiger partial charge in [-0.25, -0.2) is 4.79 Å². The number of rotatable bonds is 6. The molecule has 1 aliphatic carbocycles. The third kappa shape index (κ3) is 5.51. The Morgan fingerprint density at radius 2 is 1.93 bits per heavy atom. The van der Waals surface area contributed by atoms with Gasteiger partial charge in [0, 0.05) is 24.6 Å². The topological polar surface area (TPSA) is 177 Å². The van der Waals surface area contributed by atoms with Crippen molar-refractivity contribution in [3.05, 3.63) is 38.4 Å². The van der Waals surface area contributed by atoms with Crippen LogP contribution in [0.5, 0.6) is 0 Å². The fourth-order valence-electron chi connectivity index (χ4n) is 3.21. The Morgan fingerprint density at radius 3 is 2.45 bits per heavy atom. The average Bonchev–Trinajstić information content (AvgIpc) is 2.88. The SMILES string of the molecule is CC(C)(C)OC(=O)N[C@@H]1[C@H](O)[C@@H](CO)C[C@H]1Nc1ccc([N+](=O)[O-])cc1[N+](=O)[O-]. The molecular weight excluding hydrogens is 388 g/mol. The zero-order valence-corrected chi connectivity index (χ0v) is 16.2. The maximum Gasteiger partial charge on any atom is 0.408 e. The zero-order chi connectivity index (χ0) is 21.9. The van der Waals surface area contributed by atoms with Crippen LogP contribution >= 0.6 is 0 Å². The van der Waals surface area contributed by atoms with Gasteiger partial charge in [0.2, 0.25) is 0 Å². The molecule has 1 aromatic carbocycles. The average molecular weight is 412 g/mol. The Kier molecular flexibility index (Phi) is 6.59. The maximum atomic E-state index is 12.1. The fourth-order valence-corrected chi connectivity index (χ4v) is 3.21. The number of ether oxygens (including phenoxy) is 1. The number of nitrogens with zero attached hydrogens (tertiary/aromatic N) is 2. The van der Waals surface area contributed by atoms with Crippen molar-refractivity contribution in [1.29, 1.82) is 0 Å². The minimum absolute atomic E-state index is 0.00706. The molecule has 0 aliphatic heterocycles. The number of hydrogen-bond acceptors (Lipinski definition) is 9. The first-order chi connectivity index (χ1) is 13.4. The zero-order valence-electron chi connectivity index (χ0n) is 16.2. The predicted octanol–water partition coefficient (Wildman–Crippen LogP) is 1.55. The van der Waals surface area contributed by atoms with Crippen molar-refractivity contribution >= 4 is 23.2 Å². The Morgan fingerprint density at radius 1 is 1.28 bits per heavy atom. The lowest BCUT2D eigenvalue weighted by molar-refractivity contribution is -0.393. The van der Waals surface area contributed by atoms with E-state index in [9.17, 15) is 35.2 Å². The number of non-ortho nitro benzene ring substituents is 1. The van der Waals surface area contributed by atoms with Gasteiger partial charge in [-0.15, -0.1) is 0 Å². The van der Waals surface area contributed by atoms with E-state index in [4.69, 9.17) is 4.74 Å². The van der Waals surface area contributed by atoms with Crippen LogP contribution in [-0.4, -0.2) is 56.5 Å². The van der Waals surface area contributed by atoms with Crippen LogP contribution in [0.25, 0.3) is 0 Å². The van der Waals surface area contributed by atoms with E-state index in [1.54, 1.807) is 20.8 Å². The van der Waals surface area contributed by atoms with Crippen LogP contribution in [0.15, 0.2) is 18.2 Å². The van der Waals surface area contributed by atoms with Crippen LogP contribution in [0.2, 0.25) is 0 Å². The smallest absolute Gasteiger partial charge is 0.408 e. The molecule has 2 rings (SSSR count). The second-order valence-corrected chi connectivity index (χ2v) is 7.81. The fraction of sp³-hybridized carbons (Fsp3) is 0.588. The summed E-state index contributed by atoms with van der Waals surface area (Å²) in [5.41, 5.74) is -1.74. The number of nitrogens with one attached hydrogen (secondary N) is 2. The van der Waals surface area contributed by atoms with E-state index < -0.39 is 57.0 Å². The monoisotopic (exact) mass is 412 g/mol. The molecule has 1 aromatic rings. The molecule has 160 valence electrons.